The molecule has 0 aromatic carbocycles. The molecule has 3 aromatic rings. The van der Waals surface area contributed by atoms with E-state index in [-0.39, 0.29) is 17.8 Å². The van der Waals surface area contributed by atoms with E-state index in [2.05, 4.69) is 59.9 Å². The highest BCUT2D eigenvalue weighted by Crippen LogP contribution is 2.38. The monoisotopic (exact) mass is 562 g/mol. The molecule has 0 aliphatic carbocycles. The van der Waals surface area contributed by atoms with Crippen molar-refractivity contribution in [3.63, 3.8) is 0 Å². The van der Waals surface area contributed by atoms with Gasteiger partial charge in [-0.2, -0.15) is 5.10 Å². The molecule has 3 aliphatic heterocycles. The number of nitrogens with zero attached hydrogens (tertiary/aromatic N) is 6. The van der Waals surface area contributed by atoms with Gasteiger partial charge in [-0.25, -0.2) is 9.31 Å². The Hall–Kier alpha value is -3.21. The van der Waals surface area contributed by atoms with Gasteiger partial charge in [0, 0.05) is 88.1 Å². The number of anilines is 1. The summed E-state index contributed by atoms with van der Waals surface area (Å²) in [5, 5.41) is 4.57. The molecule has 3 fully saturated rings. The van der Waals surface area contributed by atoms with E-state index >= 15 is 0 Å². The Labute approximate surface area is 242 Å². The van der Waals surface area contributed by atoms with Crippen LogP contribution < -0.4 is 4.90 Å². The van der Waals surface area contributed by atoms with E-state index in [4.69, 9.17) is 19.2 Å². The number of amides is 1. The van der Waals surface area contributed by atoms with Crippen LogP contribution in [0, 0.1) is 0 Å². The lowest BCUT2D eigenvalue weighted by Crippen LogP contribution is -2.49. The van der Waals surface area contributed by atoms with Gasteiger partial charge in [-0.15, -0.1) is 0 Å². The Bertz CT molecular complexity index is 1320. The van der Waals surface area contributed by atoms with Gasteiger partial charge < -0.3 is 28.9 Å². The predicted octanol–water partition coefficient (Wildman–Crippen LogP) is 4.18. The Balaban J connectivity index is 1.15. The smallest absolute Gasteiger partial charge is 0.410 e. The Kier molecular flexibility index (Phi) is 8.14. The number of hydrogen-bond donors (Lipinski definition) is 0. The van der Waals surface area contributed by atoms with Crippen molar-refractivity contribution in [3.8, 4) is 11.3 Å². The predicted molar refractivity (Wildman–Crippen MR) is 157 cm³/mol. The first-order valence-corrected chi connectivity index (χ1v) is 15.1. The molecular weight excluding hydrogens is 520 g/mol. The summed E-state index contributed by atoms with van der Waals surface area (Å²) in [5.41, 5.74) is 4.96. The molecule has 0 saturated carbocycles. The molecule has 10 nitrogen and oxygen atoms in total. The van der Waals surface area contributed by atoms with Crippen LogP contribution in [0.3, 0.4) is 0 Å². The van der Waals surface area contributed by atoms with Crippen molar-refractivity contribution in [2.45, 2.75) is 57.8 Å². The summed E-state index contributed by atoms with van der Waals surface area (Å²) in [4.78, 5) is 24.1. The quantitative estimate of drug-likeness (QED) is 0.424. The van der Waals surface area contributed by atoms with Gasteiger partial charge in [0.25, 0.3) is 0 Å². The first kappa shape index (κ1) is 27.9. The topological polar surface area (TPSA) is 84.7 Å². The van der Waals surface area contributed by atoms with E-state index in [0.717, 1.165) is 73.5 Å². The molecule has 220 valence electrons. The first-order valence-electron chi connectivity index (χ1n) is 15.1. The molecule has 1 atom stereocenters. The van der Waals surface area contributed by atoms with Crippen LogP contribution in [0.2, 0.25) is 0 Å². The average molecular weight is 563 g/mol. The second-order valence-electron chi connectivity index (χ2n) is 11.6. The van der Waals surface area contributed by atoms with Crippen LogP contribution in [0.5, 0.6) is 0 Å². The SMILES string of the molecule is CCOC1(c2ccc(-c3cc4c(N5CCN(C(=O)O[C@@H]6CCOC6)CC5)ccnn4c3)nc2)CCN(C(C)C)CC1. The van der Waals surface area contributed by atoms with Gasteiger partial charge in [0.1, 0.15) is 6.10 Å². The van der Waals surface area contributed by atoms with E-state index in [1.54, 1.807) is 4.90 Å². The van der Waals surface area contributed by atoms with Gasteiger partial charge in [-0.3, -0.25) is 4.98 Å². The maximum Gasteiger partial charge on any atom is 0.410 e. The minimum Gasteiger partial charge on any atom is -0.444 e. The molecule has 3 aromatic heterocycles. The van der Waals surface area contributed by atoms with Gasteiger partial charge in [-0.1, -0.05) is 6.07 Å². The molecule has 0 bridgehead atoms. The van der Waals surface area contributed by atoms with Crippen LogP contribution in [0.1, 0.15) is 45.6 Å². The van der Waals surface area contributed by atoms with Crippen molar-refractivity contribution in [3.05, 3.63) is 48.4 Å². The van der Waals surface area contributed by atoms with Crippen molar-refractivity contribution in [1.29, 1.82) is 0 Å². The molecule has 6 rings (SSSR count). The molecule has 0 N–H and O–H groups in total. The molecule has 6 heterocycles. The number of rotatable bonds is 7. The molecule has 41 heavy (non-hydrogen) atoms. The highest BCUT2D eigenvalue weighted by atomic mass is 16.6. The maximum absolute atomic E-state index is 12.6. The number of piperazine rings is 1. The fraction of sp³-hybridized carbons (Fsp3) is 0.581. The number of aromatic nitrogens is 3. The molecule has 0 radical (unpaired) electrons. The number of piperidine rings is 1. The molecule has 10 heteroatoms. The van der Waals surface area contributed by atoms with Crippen LogP contribution in [-0.2, 0) is 19.8 Å². The summed E-state index contributed by atoms with van der Waals surface area (Å²) in [6, 6.07) is 9.06. The van der Waals surface area contributed by atoms with Crippen molar-refractivity contribution < 1.29 is 19.0 Å². The molecule has 0 unspecified atom stereocenters. The van der Waals surface area contributed by atoms with Crippen molar-refractivity contribution >= 4 is 17.3 Å². The molecule has 3 aliphatic rings. The van der Waals surface area contributed by atoms with Crippen LogP contribution in [0.15, 0.2) is 42.9 Å². The van der Waals surface area contributed by atoms with Crippen LogP contribution in [0.25, 0.3) is 16.8 Å². The lowest BCUT2D eigenvalue weighted by Gasteiger charge is -2.43. The number of fused-ring (bicyclic) bond motifs is 1. The summed E-state index contributed by atoms with van der Waals surface area (Å²) in [6.45, 7) is 13.2. The molecular formula is C31H42N6O4. The second-order valence-corrected chi connectivity index (χ2v) is 11.6. The Morgan fingerprint density at radius 2 is 1.93 bits per heavy atom. The maximum atomic E-state index is 12.6. The average Bonchev–Trinajstić information content (AvgIpc) is 3.68. The minimum atomic E-state index is -0.272. The van der Waals surface area contributed by atoms with Gasteiger partial charge in [0.15, 0.2) is 0 Å². The van der Waals surface area contributed by atoms with E-state index in [9.17, 15) is 4.79 Å². The number of ether oxygens (including phenoxy) is 3. The second kappa shape index (κ2) is 12.0. The first-order chi connectivity index (χ1) is 20.0. The minimum absolute atomic E-state index is 0.121. The highest BCUT2D eigenvalue weighted by Gasteiger charge is 2.38. The standard InChI is InChI=1S/C31H42N6O4/c1-4-40-31(9-12-34(13-10-31)23(2)3)25-5-6-27(32-20-25)24-19-29-28(7-11-33-37(29)21-24)35-14-16-36(17-15-35)30(38)41-26-8-18-39-22-26/h5-7,11,19-21,23,26H,4,8-10,12-18,22H2,1-3H3/t26-/m1/s1. The number of carbonyl (C=O) groups excluding carboxylic acids is 1. The summed E-state index contributed by atoms with van der Waals surface area (Å²) in [6.07, 6.45) is 8.24. The molecule has 3 saturated heterocycles. The summed E-state index contributed by atoms with van der Waals surface area (Å²) in [7, 11) is 0. The number of pyridine rings is 1. The van der Waals surface area contributed by atoms with Crippen molar-refractivity contribution in [2.75, 3.05) is 64.0 Å². The van der Waals surface area contributed by atoms with Crippen LogP contribution >= 0.6 is 0 Å². The zero-order valence-corrected chi connectivity index (χ0v) is 24.5. The Morgan fingerprint density at radius 3 is 2.59 bits per heavy atom. The van der Waals surface area contributed by atoms with Crippen molar-refractivity contribution in [1.82, 2.24) is 24.4 Å². The van der Waals surface area contributed by atoms with Gasteiger partial charge >= 0.3 is 6.09 Å². The Morgan fingerprint density at radius 1 is 1.12 bits per heavy atom. The zero-order valence-electron chi connectivity index (χ0n) is 24.5. The van der Waals surface area contributed by atoms with E-state index in [0.29, 0.717) is 39.0 Å². The van der Waals surface area contributed by atoms with Gasteiger partial charge in [0.05, 0.1) is 35.7 Å². The zero-order chi connectivity index (χ0) is 28.4. The fourth-order valence-corrected chi connectivity index (χ4v) is 6.39. The normalized spacial score (nSPS) is 21.6. The lowest BCUT2D eigenvalue weighted by atomic mass is 9.84. The number of likely N-dealkylation sites (tertiary alicyclic amines) is 1. The third-order valence-corrected chi connectivity index (χ3v) is 8.86. The van der Waals surface area contributed by atoms with Gasteiger partial charge in [0.2, 0.25) is 0 Å². The third kappa shape index (κ3) is 5.78. The summed E-state index contributed by atoms with van der Waals surface area (Å²) >= 11 is 0. The number of carbonyl (C=O) groups is 1. The van der Waals surface area contributed by atoms with Crippen molar-refractivity contribution in [2.24, 2.45) is 0 Å². The summed E-state index contributed by atoms with van der Waals surface area (Å²) in [5.74, 6) is 0. The van der Waals surface area contributed by atoms with Gasteiger partial charge in [-0.05, 0) is 51.8 Å². The van der Waals surface area contributed by atoms with Crippen LogP contribution in [-0.4, -0.2) is 102 Å². The summed E-state index contributed by atoms with van der Waals surface area (Å²) < 4.78 is 19.3. The number of hydrogen-bond acceptors (Lipinski definition) is 8. The highest BCUT2D eigenvalue weighted by molar-refractivity contribution is 5.79. The lowest BCUT2D eigenvalue weighted by molar-refractivity contribution is -0.0888. The fourth-order valence-electron chi connectivity index (χ4n) is 6.39. The van der Waals surface area contributed by atoms with E-state index < -0.39 is 0 Å². The molecule has 1 amide bonds. The van der Waals surface area contributed by atoms with E-state index in [1.807, 2.05) is 23.1 Å². The third-order valence-electron chi connectivity index (χ3n) is 8.86. The largest absolute Gasteiger partial charge is 0.444 e. The van der Waals surface area contributed by atoms with Crippen LogP contribution in [0.4, 0.5) is 10.5 Å². The van der Waals surface area contributed by atoms with E-state index in [1.165, 1.54) is 0 Å². The molecule has 0 spiro atoms.